The van der Waals surface area contributed by atoms with E-state index in [1.807, 2.05) is 0 Å². The second-order valence-electron chi connectivity index (χ2n) is 4.82. The number of aromatic nitrogens is 3. The van der Waals surface area contributed by atoms with Crippen LogP contribution >= 0.6 is 0 Å². The fourth-order valence-corrected chi connectivity index (χ4v) is 2.38. The average molecular weight is 263 g/mol. The van der Waals surface area contributed by atoms with Crippen LogP contribution in [0.3, 0.4) is 0 Å². The second-order valence-corrected chi connectivity index (χ2v) is 4.82. The van der Waals surface area contributed by atoms with Gasteiger partial charge in [-0.25, -0.2) is 0 Å². The highest BCUT2D eigenvalue weighted by molar-refractivity contribution is 5.53. The molecule has 1 aliphatic carbocycles. The van der Waals surface area contributed by atoms with Crippen LogP contribution in [0.15, 0.2) is 16.8 Å². The number of nitrogens with two attached hydrogens (primary N) is 1. The molecule has 3 N–H and O–H groups in total. The Labute approximate surface area is 108 Å². The van der Waals surface area contributed by atoms with Gasteiger partial charge in [-0.05, 0) is 12.8 Å². The van der Waals surface area contributed by atoms with Crippen LogP contribution in [-0.4, -0.2) is 20.0 Å². The summed E-state index contributed by atoms with van der Waals surface area (Å²) >= 11 is 0. The maximum atomic E-state index is 10.6. The summed E-state index contributed by atoms with van der Waals surface area (Å²) in [6, 6.07) is 1.36. The fraction of sp³-hybridized carbons (Fsp3) is 0.455. The standard InChI is InChI=1S/C11H13N5O3/c12-11(3-1-2-4-11)10-14-9(19-15-10)8-5-7(6-13-8)16(17)18/h5-6,13H,1-4,12H2. The van der Waals surface area contributed by atoms with Gasteiger partial charge in [0.25, 0.3) is 11.6 Å². The molecule has 3 rings (SSSR count). The zero-order valence-electron chi connectivity index (χ0n) is 10.1. The minimum absolute atomic E-state index is 0.0434. The first-order valence-corrected chi connectivity index (χ1v) is 6.05. The van der Waals surface area contributed by atoms with Gasteiger partial charge in [-0.1, -0.05) is 18.0 Å². The number of aromatic amines is 1. The van der Waals surface area contributed by atoms with Crippen molar-refractivity contribution in [3.05, 3.63) is 28.2 Å². The van der Waals surface area contributed by atoms with E-state index in [0.29, 0.717) is 11.5 Å². The zero-order chi connectivity index (χ0) is 13.5. The molecule has 0 aliphatic heterocycles. The van der Waals surface area contributed by atoms with Crippen LogP contribution in [0, 0.1) is 10.1 Å². The quantitative estimate of drug-likeness (QED) is 0.641. The van der Waals surface area contributed by atoms with Crippen molar-refractivity contribution < 1.29 is 9.45 Å². The SMILES string of the molecule is NC1(c2noc(-c3cc([N+](=O)[O-])c[nH]3)n2)CCCC1. The molecule has 19 heavy (non-hydrogen) atoms. The third-order valence-corrected chi connectivity index (χ3v) is 3.48. The van der Waals surface area contributed by atoms with Crippen molar-refractivity contribution in [2.45, 2.75) is 31.2 Å². The Kier molecular flexibility index (Phi) is 2.59. The number of hydrogen-bond acceptors (Lipinski definition) is 6. The molecule has 8 nitrogen and oxygen atoms in total. The highest BCUT2D eigenvalue weighted by atomic mass is 16.6. The Balaban J connectivity index is 1.90. The van der Waals surface area contributed by atoms with Crippen LogP contribution in [-0.2, 0) is 5.54 Å². The molecule has 2 aromatic rings. The van der Waals surface area contributed by atoms with Crippen LogP contribution in [0.5, 0.6) is 0 Å². The molecule has 2 aromatic heterocycles. The first kappa shape index (κ1) is 11.8. The van der Waals surface area contributed by atoms with Crippen LogP contribution in [0.4, 0.5) is 5.69 Å². The first-order chi connectivity index (χ1) is 9.08. The molecule has 1 fully saturated rings. The van der Waals surface area contributed by atoms with E-state index in [4.69, 9.17) is 10.3 Å². The molecule has 0 amide bonds. The molecule has 0 unspecified atom stereocenters. The van der Waals surface area contributed by atoms with Crippen molar-refractivity contribution in [2.75, 3.05) is 0 Å². The molecule has 0 atom stereocenters. The van der Waals surface area contributed by atoms with Crippen molar-refractivity contribution in [1.29, 1.82) is 0 Å². The van der Waals surface area contributed by atoms with Gasteiger partial charge in [0.05, 0.1) is 16.7 Å². The highest BCUT2D eigenvalue weighted by Gasteiger charge is 2.36. The third-order valence-electron chi connectivity index (χ3n) is 3.48. The summed E-state index contributed by atoms with van der Waals surface area (Å²) in [7, 11) is 0. The van der Waals surface area contributed by atoms with Gasteiger partial charge in [0.15, 0.2) is 5.82 Å². The summed E-state index contributed by atoms with van der Waals surface area (Å²) < 4.78 is 5.13. The molecule has 0 bridgehead atoms. The predicted molar refractivity (Wildman–Crippen MR) is 65.1 cm³/mol. The van der Waals surface area contributed by atoms with Crippen LogP contribution in [0.25, 0.3) is 11.6 Å². The lowest BCUT2D eigenvalue weighted by molar-refractivity contribution is -0.384. The number of H-pyrrole nitrogens is 1. The topological polar surface area (TPSA) is 124 Å². The third kappa shape index (κ3) is 1.99. The first-order valence-electron chi connectivity index (χ1n) is 6.05. The van der Waals surface area contributed by atoms with Gasteiger partial charge < -0.3 is 15.2 Å². The summed E-state index contributed by atoms with van der Waals surface area (Å²) in [5.74, 6) is 0.692. The second kappa shape index (κ2) is 4.16. The van der Waals surface area contributed by atoms with Gasteiger partial charge in [0, 0.05) is 6.07 Å². The lowest BCUT2D eigenvalue weighted by Crippen LogP contribution is -2.34. The summed E-state index contributed by atoms with van der Waals surface area (Å²) in [6.07, 6.45) is 5.05. The predicted octanol–water partition coefficient (Wildman–Crippen LogP) is 1.70. The monoisotopic (exact) mass is 263 g/mol. The Morgan fingerprint density at radius 1 is 1.47 bits per heavy atom. The van der Waals surface area contributed by atoms with Gasteiger partial charge in [0.2, 0.25) is 0 Å². The Bertz CT molecular complexity index is 611. The number of rotatable bonds is 3. The largest absolute Gasteiger partial charge is 0.351 e. The molecule has 100 valence electrons. The molecular formula is C11H13N5O3. The van der Waals surface area contributed by atoms with Crippen LogP contribution in [0.1, 0.15) is 31.5 Å². The highest BCUT2D eigenvalue weighted by Crippen LogP contribution is 2.35. The smallest absolute Gasteiger partial charge is 0.287 e. The van der Waals surface area contributed by atoms with Gasteiger partial charge in [-0.15, -0.1) is 0 Å². The number of nitrogens with one attached hydrogen (secondary N) is 1. The van der Waals surface area contributed by atoms with E-state index in [0.717, 1.165) is 25.7 Å². The van der Waals surface area contributed by atoms with Crippen molar-refractivity contribution in [3.63, 3.8) is 0 Å². The van der Waals surface area contributed by atoms with Crippen molar-refractivity contribution in [3.8, 4) is 11.6 Å². The lowest BCUT2D eigenvalue weighted by atomic mass is 9.99. The van der Waals surface area contributed by atoms with E-state index in [1.165, 1.54) is 12.3 Å². The van der Waals surface area contributed by atoms with Gasteiger partial charge >= 0.3 is 0 Å². The number of nitrogens with zero attached hydrogens (tertiary/aromatic N) is 3. The number of hydrogen-bond donors (Lipinski definition) is 2. The van der Waals surface area contributed by atoms with Gasteiger partial charge in [-0.2, -0.15) is 4.98 Å². The Morgan fingerprint density at radius 3 is 2.84 bits per heavy atom. The molecular weight excluding hydrogens is 250 g/mol. The Morgan fingerprint density at radius 2 is 2.21 bits per heavy atom. The van der Waals surface area contributed by atoms with E-state index in [-0.39, 0.29) is 11.6 Å². The van der Waals surface area contributed by atoms with Gasteiger partial charge in [-0.3, -0.25) is 10.1 Å². The van der Waals surface area contributed by atoms with Crippen LogP contribution < -0.4 is 5.73 Å². The molecule has 1 aliphatic rings. The molecule has 8 heteroatoms. The molecule has 0 saturated heterocycles. The van der Waals surface area contributed by atoms with E-state index in [2.05, 4.69) is 15.1 Å². The molecule has 1 saturated carbocycles. The zero-order valence-corrected chi connectivity index (χ0v) is 10.1. The lowest BCUT2D eigenvalue weighted by Gasteiger charge is -2.17. The maximum Gasteiger partial charge on any atom is 0.287 e. The van der Waals surface area contributed by atoms with Crippen LogP contribution in [0.2, 0.25) is 0 Å². The van der Waals surface area contributed by atoms with Gasteiger partial charge in [0.1, 0.15) is 5.69 Å². The molecule has 0 radical (unpaired) electrons. The fourth-order valence-electron chi connectivity index (χ4n) is 2.38. The number of nitro groups is 1. The average Bonchev–Trinajstić information content (AvgIpc) is 3.08. The molecule has 0 aromatic carbocycles. The summed E-state index contributed by atoms with van der Waals surface area (Å²) in [5.41, 5.74) is 6.07. The van der Waals surface area contributed by atoms with Crippen molar-refractivity contribution in [2.24, 2.45) is 5.73 Å². The Hall–Kier alpha value is -2.22. The van der Waals surface area contributed by atoms with Crippen molar-refractivity contribution in [1.82, 2.24) is 15.1 Å². The maximum absolute atomic E-state index is 10.6. The van der Waals surface area contributed by atoms with Crippen molar-refractivity contribution >= 4 is 5.69 Å². The van der Waals surface area contributed by atoms with E-state index in [1.54, 1.807) is 0 Å². The summed E-state index contributed by atoms with van der Waals surface area (Å²) in [4.78, 5) is 17.1. The van der Waals surface area contributed by atoms with E-state index in [9.17, 15) is 10.1 Å². The minimum atomic E-state index is -0.528. The molecule has 2 heterocycles. The summed E-state index contributed by atoms with van der Waals surface area (Å²) in [6.45, 7) is 0. The molecule has 0 spiro atoms. The normalized spacial score (nSPS) is 17.7. The minimum Gasteiger partial charge on any atom is -0.351 e. The van der Waals surface area contributed by atoms with E-state index < -0.39 is 10.5 Å². The summed E-state index contributed by atoms with van der Waals surface area (Å²) in [5, 5.41) is 14.5. The van der Waals surface area contributed by atoms with E-state index >= 15 is 0 Å².